The van der Waals surface area contributed by atoms with Crippen LogP contribution < -0.4 is 0 Å². The molecule has 0 saturated carbocycles. The predicted molar refractivity (Wildman–Crippen MR) is 77.2 cm³/mol. The molecule has 0 aliphatic rings. The van der Waals surface area contributed by atoms with E-state index in [9.17, 15) is 13.3 Å². The van der Waals surface area contributed by atoms with Crippen LogP contribution >= 0.6 is 0 Å². The van der Waals surface area contributed by atoms with Crippen molar-refractivity contribution < 1.29 is 13.3 Å². The quantitative estimate of drug-likeness (QED) is 0.724. The Morgan fingerprint density at radius 1 is 0.900 bits per heavy atom. The first-order chi connectivity index (χ1) is 9.59. The van der Waals surface area contributed by atoms with Gasteiger partial charge in [-0.15, -0.1) is 0 Å². The van der Waals surface area contributed by atoms with E-state index < -0.39 is 16.4 Å². The van der Waals surface area contributed by atoms with E-state index in [1.165, 1.54) is 12.1 Å². The van der Waals surface area contributed by atoms with Gasteiger partial charge in [-0.1, -0.05) is 48.5 Å². The van der Waals surface area contributed by atoms with Crippen molar-refractivity contribution in [2.45, 2.75) is 29.4 Å². The highest BCUT2D eigenvalue weighted by Gasteiger charge is 2.43. The van der Waals surface area contributed by atoms with Crippen molar-refractivity contribution in [2.24, 2.45) is 0 Å². The minimum Gasteiger partial charge on any atom is -0.607 e. The molecule has 0 spiro atoms. The van der Waals surface area contributed by atoms with Crippen LogP contribution in [0.2, 0.25) is 0 Å². The van der Waals surface area contributed by atoms with Crippen LogP contribution in [0.4, 0.5) is 8.78 Å². The largest absolute Gasteiger partial charge is 0.607 e. The molecule has 4 heteroatoms. The van der Waals surface area contributed by atoms with Gasteiger partial charge in [-0.3, -0.25) is 0 Å². The lowest BCUT2D eigenvalue weighted by Gasteiger charge is -2.20. The third-order valence-corrected chi connectivity index (χ3v) is 4.45. The molecule has 1 nitrogen and oxygen atoms in total. The van der Waals surface area contributed by atoms with Crippen molar-refractivity contribution in [3.05, 3.63) is 66.2 Å². The Morgan fingerprint density at radius 3 is 2.05 bits per heavy atom. The van der Waals surface area contributed by atoms with Crippen LogP contribution in [0.5, 0.6) is 0 Å². The van der Waals surface area contributed by atoms with Gasteiger partial charge in [0.05, 0.1) is 17.6 Å². The molecule has 0 bridgehead atoms. The van der Waals surface area contributed by atoms with Gasteiger partial charge in [-0.25, -0.2) is 0 Å². The smallest absolute Gasteiger partial charge is 0.411 e. The molecule has 2 rings (SSSR count). The maximum absolute atomic E-state index is 13.9. The lowest BCUT2D eigenvalue weighted by atomic mass is 10.1. The molecular weight excluding hydrogens is 278 g/mol. The fourth-order valence-corrected chi connectivity index (χ4v) is 3.03. The maximum atomic E-state index is 13.9. The molecule has 1 unspecified atom stereocenters. The van der Waals surface area contributed by atoms with Gasteiger partial charge in [0.15, 0.2) is 4.90 Å². The highest BCUT2D eigenvalue weighted by molar-refractivity contribution is 7.92. The molecular formula is C16H16F2OS. The summed E-state index contributed by atoms with van der Waals surface area (Å²) in [4.78, 5) is 0.178. The molecule has 0 heterocycles. The molecule has 0 fully saturated rings. The van der Waals surface area contributed by atoms with Crippen LogP contribution in [0.1, 0.15) is 18.4 Å². The molecule has 0 saturated heterocycles. The van der Waals surface area contributed by atoms with E-state index in [1.54, 1.807) is 18.2 Å². The van der Waals surface area contributed by atoms with E-state index in [1.807, 2.05) is 30.3 Å². The van der Waals surface area contributed by atoms with Gasteiger partial charge in [-0.05, 0) is 30.5 Å². The number of benzene rings is 2. The zero-order chi connectivity index (χ0) is 14.4. The summed E-state index contributed by atoms with van der Waals surface area (Å²) in [5.41, 5.74) is 1.02. The summed E-state index contributed by atoms with van der Waals surface area (Å²) in [6, 6.07) is 17.4. The molecule has 0 radical (unpaired) electrons. The van der Waals surface area contributed by atoms with Crippen molar-refractivity contribution in [3.63, 3.8) is 0 Å². The Bertz CT molecular complexity index is 517. The molecule has 0 aromatic heterocycles. The van der Waals surface area contributed by atoms with Crippen LogP contribution in [-0.4, -0.2) is 9.81 Å². The first kappa shape index (κ1) is 15.0. The lowest BCUT2D eigenvalue weighted by molar-refractivity contribution is 0.0798. The van der Waals surface area contributed by atoms with Gasteiger partial charge in [0.1, 0.15) is 0 Å². The van der Waals surface area contributed by atoms with E-state index in [4.69, 9.17) is 0 Å². The van der Waals surface area contributed by atoms with Gasteiger partial charge >= 0.3 is 5.25 Å². The number of rotatable bonds is 6. The third kappa shape index (κ3) is 4.05. The fraction of sp³-hybridized carbons (Fsp3) is 0.250. The average Bonchev–Trinajstić information content (AvgIpc) is 2.48. The topological polar surface area (TPSA) is 23.1 Å². The minimum atomic E-state index is -3.18. The molecule has 1 atom stereocenters. The number of alkyl halides is 2. The lowest BCUT2D eigenvalue weighted by Crippen LogP contribution is -2.29. The van der Waals surface area contributed by atoms with Gasteiger partial charge in [0, 0.05) is 0 Å². The second kappa shape index (κ2) is 6.86. The first-order valence-electron chi connectivity index (χ1n) is 6.48. The Labute approximate surface area is 120 Å². The normalized spacial score (nSPS) is 13.2. The Hall–Kier alpha value is -1.39. The number of hydrogen-bond donors (Lipinski definition) is 0. The third-order valence-electron chi connectivity index (χ3n) is 3.00. The summed E-state index contributed by atoms with van der Waals surface area (Å²) in [5, 5.41) is -3.18. The van der Waals surface area contributed by atoms with Crippen LogP contribution in [0.25, 0.3) is 0 Å². The molecule has 106 valence electrons. The average molecular weight is 294 g/mol. The number of aryl methyl sites for hydroxylation is 1. The molecule has 0 aliphatic heterocycles. The van der Waals surface area contributed by atoms with E-state index in [2.05, 4.69) is 0 Å². The van der Waals surface area contributed by atoms with Crippen molar-refractivity contribution in [1.82, 2.24) is 0 Å². The molecule has 20 heavy (non-hydrogen) atoms. The van der Waals surface area contributed by atoms with Crippen LogP contribution in [0.3, 0.4) is 0 Å². The van der Waals surface area contributed by atoms with Gasteiger partial charge < -0.3 is 4.55 Å². The van der Waals surface area contributed by atoms with Gasteiger partial charge in [0.2, 0.25) is 0 Å². The summed E-state index contributed by atoms with van der Waals surface area (Å²) in [6.07, 6.45) is 0.515. The Morgan fingerprint density at radius 2 is 1.45 bits per heavy atom. The highest BCUT2D eigenvalue weighted by Crippen LogP contribution is 2.33. The van der Waals surface area contributed by atoms with Crippen LogP contribution in [0, 0.1) is 0 Å². The summed E-state index contributed by atoms with van der Waals surface area (Å²) in [7, 11) is 0. The van der Waals surface area contributed by atoms with E-state index in [-0.39, 0.29) is 11.3 Å². The van der Waals surface area contributed by atoms with E-state index >= 15 is 0 Å². The van der Waals surface area contributed by atoms with E-state index in [0.717, 1.165) is 5.56 Å². The molecule has 0 aliphatic carbocycles. The van der Waals surface area contributed by atoms with E-state index in [0.29, 0.717) is 12.8 Å². The molecule has 2 aromatic rings. The Kier molecular flexibility index (Phi) is 5.15. The molecule has 2 aromatic carbocycles. The minimum absolute atomic E-state index is 0.178. The fourth-order valence-electron chi connectivity index (χ4n) is 1.95. The van der Waals surface area contributed by atoms with Gasteiger partial charge in [-0.2, -0.15) is 8.78 Å². The summed E-state index contributed by atoms with van der Waals surface area (Å²) < 4.78 is 39.7. The first-order valence-corrected chi connectivity index (χ1v) is 7.63. The summed E-state index contributed by atoms with van der Waals surface area (Å²) in [6.45, 7) is 0. The molecule has 0 amide bonds. The number of hydrogen-bond acceptors (Lipinski definition) is 1. The zero-order valence-corrected chi connectivity index (χ0v) is 11.8. The molecule has 0 N–H and O–H groups in total. The van der Waals surface area contributed by atoms with Crippen LogP contribution in [0.15, 0.2) is 65.6 Å². The van der Waals surface area contributed by atoms with Crippen LogP contribution in [-0.2, 0) is 17.6 Å². The van der Waals surface area contributed by atoms with Crippen molar-refractivity contribution in [2.75, 3.05) is 0 Å². The standard InChI is InChI=1S/C16H16F2OS/c17-16(18,20(19)15-11-5-2-6-12-15)13-7-10-14-8-3-1-4-9-14/h1-6,8-9,11-12H,7,10,13H2. The summed E-state index contributed by atoms with van der Waals surface area (Å²) >= 11 is -2.28. The Balaban J connectivity index is 1.90. The predicted octanol–water partition coefficient (Wildman–Crippen LogP) is 4.41. The second-order valence-corrected chi connectivity index (χ2v) is 6.16. The SMILES string of the molecule is [O-][S+](c1ccccc1)C(F)(F)CCCc1ccccc1. The van der Waals surface area contributed by atoms with Crippen molar-refractivity contribution in [1.29, 1.82) is 0 Å². The zero-order valence-electron chi connectivity index (χ0n) is 11.0. The number of halogens is 2. The maximum Gasteiger partial charge on any atom is 0.411 e. The monoisotopic (exact) mass is 294 g/mol. The highest BCUT2D eigenvalue weighted by atomic mass is 32.2. The van der Waals surface area contributed by atoms with Crippen molar-refractivity contribution in [3.8, 4) is 0 Å². The second-order valence-electron chi connectivity index (χ2n) is 4.56. The summed E-state index contributed by atoms with van der Waals surface area (Å²) in [5.74, 6) is 0. The van der Waals surface area contributed by atoms with Crippen molar-refractivity contribution >= 4 is 11.2 Å². The van der Waals surface area contributed by atoms with Gasteiger partial charge in [0.25, 0.3) is 0 Å².